The predicted octanol–water partition coefficient (Wildman–Crippen LogP) is 2.88. The summed E-state index contributed by atoms with van der Waals surface area (Å²) in [6.45, 7) is 7.31. The third-order valence-corrected chi connectivity index (χ3v) is 3.57. The van der Waals surface area contributed by atoms with Crippen molar-refractivity contribution in [2.24, 2.45) is 0 Å². The fourth-order valence-electron chi connectivity index (χ4n) is 2.06. The van der Waals surface area contributed by atoms with Gasteiger partial charge in [0.15, 0.2) is 17.9 Å². The number of halogens is 4. The van der Waals surface area contributed by atoms with Crippen LogP contribution in [0.2, 0.25) is 0 Å². The molecule has 0 amide bonds. The largest absolute Gasteiger partial charge is 0.673 e. The van der Waals surface area contributed by atoms with Gasteiger partial charge in [0.2, 0.25) is 5.13 Å². The second-order valence-electron chi connectivity index (χ2n) is 4.75. The molecule has 0 radical (unpaired) electrons. The van der Waals surface area contributed by atoms with E-state index in [9.17, 15) is 17.3 Å². The Labute approximate surface area is 130 Å². The maximum Gasteiger partial charge on any atom is 0.673 e. The van der Waals surface area contributed by atoms with Crippen LogP contribution in [0.25, 0.3) is 0 Å². The van der Waals surface area contributed by atoms with Gasteiger partial charge in [-0.05, 0) is 12.5 Å². The van der Waals surface area contributed by atoms with Crippen molar-refractivity contribution in [1.82, 2.24) is 10.2 Å². The highest BCUT2D eigenvalue weighted by atomic mass is 32.1. The molecule has 2 heterocycles. The smallest absolute Gasteiger partial charge is 0.418 e. The number of nitrogen functional groups attached to an aromatic ring is 1. The Balaban J connectivity index is 0.000000422. The van der Waals surface area contributed by atoms with Crippen LogP contribution in [0.4, 0.5) is 22.4 Å². The van der Waals surface area contributed by atoms with Gasteiger partial charge in [-0.2, -0.15) is 4.57 Å². The highest BCUT2D eigenvalue weighted by Crippen LogP contribution is 2.11. The zero-order chi connectivity index (χ0) is 16.9. The van der Waals surface area contributed by atoms with Gasteiger partial charge in [-0.3, -0.25) is 0 Å². The van der Waals surface area contributed by atoms with Gasteiger partial charge in [-0.25, -0.2) is 0 Å². The summed E-state index contributed by atoms with van der Waals surface area (Å²) in [5, 5.41) is 9.40. The molecule has 0 aliphatic carbocycles. The van der Waals surface area contributed by atoms with Crippen LogP contribution in [0.15, 0.2) is 12.1 Å². The van der Waals surface area contributed by atoms with Gasteiger partial charge in [0.25, 0.3) is 0 Å². The topological polar surface area (TPSA) is 55.7 Å². The standard InChI is InChI=1S/C12H17N4S.BF4/c1-8-6-9(2)16(10(3)7-8)5-4-11-14-15-12(13)17-11;2-1(3,4)5/h6-7H,4-5H2,1-3H3,(H2,13,15);/q+1;-1. The van der Waals surface area contributed by atoms with Crippen molar-refractivity contribution < 1.29 is 21.8 Å². The summed E-state index contributed by atoms with van der Waals surface area (Å²) in [5.41, 5.74) is 9.42. The van der Waals surface area contributed by atoms with Gasteiger partial charge in [0, 0.05) is 26.0 Å². The molecule has 0 saturated carbocycles. The molecular formula is C12H17BF4N4S. The van der Waals surface area contributed by atoms with E-state index in [2.05, 4.69) is 47.7 Å². The van der Waals surface area contributed by atoms with Crippen LogP contribution in [0, 0.1) is 20.8 Å². The molecule has 2 aromatic heterocycles. The van der Waals surface area contributed by atoms with Crippen molar-refractivity contribution in [1.29, 1.82) is 0 Å². The van der Waals surface area contributed by atoms with Crippen LogP contribution in [-0.2, 0) is 13.0 Å². The number of rotatable bonds is 3. The van der Waals surface area contributed by atoms with Gasteiger partial charge in [0.05, 0.1) is 6.42 Å². The van der Waals surface area contributed by atoms with E-state index in [4.69, 9.17) is 5.73 Å². The van der Waals surface area contributed by atoms with E-state index >= 15 is 0 Å². The Morgan fingerprint density at radius 1 is 1.09 bits per heavy atom. The molecule has 2 aromatic rings. The summed E-state index contributed by atoms with van der Waals surface area (Å²) in [6, 6.07) is 4.39. The van der Waals surface area contributed by atoms with Crippen molar-refractivity contribution in [3.05, 3.63) is 34.1 Å². The Bertz CT molecular complexity index is 601. The van der Waals surface area contributed by atoms with E-state index < -0.39 is 7.25 Å². The first-order chi connectivity index (χ1) is 10.1. The maximum atomic E-state index is 9.75. The average Bonchev–Trinajstić information content (AvgIpc) is 2.71. The summed E-state index contributed by atoms with van der Waals surface area (Å²) in [4.78, 5) is 0. The number of hydrogen-bond acceptors (Lipinski definition) is 4. The lowest BCUT2D eigenvalue weighted by Gasteiger charge is -2.04. The van der Waals surface area contributed by atoms with E-state index in [1.165, 1.54) is 28.3 Å². The van der Waals surface area contributed by atoms with Crippen molar-refractivity contribution in [3.63, 3.8) is 0 Å². The fourth-order valence-corrected chi connectivity index (χ4v) is 2.66. The van der Waals surface area contributed by atoms with Gasteiger partial charge < -0.3 is 23.0 Å². The van der Waals surface area contributed by atoms with E-state index in [-0.39, 0.29) is 0 Å². The van der Waals surface area contributed by atoms with Gasteiger partial charge in [0.1, 0.15) is 5.01 Å². The summed E-state index contributed by atoms with van der Waals surface area (Å²) >= 11 is 1.46. The summed E-state index contributed by atoms with van der Waals surface area (Å²) < 4.78 is 41.3. The van der Waals surface area contributed by atoms with Gasteiger partial charge in [-0.1, -0.05) is 11.3 Å². The molecule has 122 valence electrons. The molecule has 2 rings (SSSR count). The van der Waals surface area contributed by atoms with E-state index in [1.54, 1.807) is 0 Å². The number of aromatic nitrogens is 3. The minimum absolute atomic E-state index is 0.544. The molecule has 0 unspecified atom stereocenters. The second kappa shape index (κ2) is 7.53. The lowest BCUT2D eigenvalue weighted by molar-refractivity contribution is -0.708. The first-order valence-electron chi connectivity index (χ1n) is 6.49. The van der Waals surface area contributed by atoms with Crippen LogP contribution in [-0.4, -0.2) is 17.5 Å². The fraction of sp³-hybridized carbons (Fsp3) is 0.417. The highest BCUT2D eigenvalue weighted by Gasteiger charge is 2.20. The van der Waals surface area contributed by atoms with Crippen LogP contribution in [0.1, 0.15) is 22.0 Å². The van der Waals surface area contributed by atoms with Crippen molar-refractivity contribution in [2.75, 3.05) is 5.73 Å². The Hall–Kier alpha value is -1.71. The summed E-state index contributed by atoms with van der Waals surface area (Å²) in [7, 11) is -6.00. The lowest BCUT2D eigenvalue weighted by atomic mass is 10.2. The minimum Gasteiger partial charge on any atom is -0.418 e. The van der Waals surface area contributed by atoms with E-state index in [0.29, 0.717) is 5.13 Å². The zero-order valence-electron chi connectivity index (χ0n) is 12.5. The molecule has 22 heavy (non-hydrogen) atoms. The van der Waals surface area contributed by atoms with Crippen LogP contribution in [0.5, 0.6) is 0 Å². The molecule has 0 aliphatic rings. The maximum absolute atomic E-state index is 9.75. The molecule has 0 saturated heterocycles. The molecule has 0 bridgehead atoms. The Morgan fingerprint density at radius 2 is 1.59 bits per heavy atom. The predicted molar refractivity (Wildman–Crippen MR) is 79.1 cm³/mol. The van der Waals surface area contributed by atoms with Crippen LogP contribution < -0.4 is 10.3 Å². The minimum atomic E-state index is -6.00. The molecular weight excluding hydrogens is 319 g/mol. The molecule has 4 nitrogen and oxygen atoms in total. The van der Waals surface area contributed by atoms with Crippen LogP contribution >= 0.6 is 11.3 Å². The first kappa shape index (κ1) is 18.3. The Morgan fingerprint density at radius 3 is 2.00 bits per heavy atom. The zero-order valence-corrected chi connectivity index (χ0v) is 13.3. The molecule has 2 N–H and O–H groups in total. The number of anilines is 1. The van der Waals surface area contributed by atoms with Crippen molar-refractivity contribution >= 4 is 23.7 Å². The Kier molecular flexibility index (Phi) is 6.27. The lowest BCUT2D eigenvalue weighted by Crippen LogP contribution is -2.41. The molecule has 0 spiro atoms. The SMILES string of the molecule is Cc1cc(C)[n+](CCc2nnc(N)s2)c(C)c1.F[B-](F)(F)F. The number of hydrogen-bond donors (Lipinski definition) is 1. The first-order valence-corrected chi connectivity index (χ1v) is 7.31. The normalized spacial score (nSPS) is 11.0. The third-order valence-electron chi connectivity index (χ3n) is 2.76. The number of aryl methyl sites for hydroxylation is 4. The average molecular weight is 336 g/mol. The summed E-state index contributed by atoms with van der Waals surface area (Å²) in [6.07, 6.45) is 0.879. The molecule has 0 aliphatic heterocycles. The number of nitrogens with two attached hydrogens (primary N) is 1. The number of pyridine rings is 1. The van der Waals surface area contributed by atoms with E-state index in [0.717, 1.165) is 18.0 Å². The molecule has 10 heteroatoms. The highest BCUT2D eigenvalue weighted by molar-refractivity contribution is 7.15. The number of nitrogens with zero attached hydrogens (tertiary/aromatic N) is 3. The quantitative estimate of drug-likeness (QED) is 0.533. The third kappa shape index (κ3) is 6.84. The monoisotopic (exact) mass is 336 g/mol. The van der Waals surface area contributed by atoms with Crippen molar-refractivity contribution in [2.45, 2.75) is 33.7 Å². The van der Waals surface area contributed by atoms with Gasteiger partial charge >= 0.3 is 7.25 Å². The van der Waals surface area contributed by atoms with Crippen molar-refractivity contribution in [3.8, 4) is 0 Å². The molecule has 0 aromatic carbocycles. The van der Waals surface area contributed by atoms with Gasteiger partial charge in [-0.15, -0.1) is 10.2 Å². The summed E-state index contributed by atoms with van der Waals surface area (Å²) in [5.74, 6) is 0. The molecule has 0 fully saturated rings. The van der Waals surface area contributed by atoms with Crippen LogP contribution in [0.3, 0.4) is 0 Å². The molecule has 0 atom stereocenters. The second-order valence-corrected chi connectivity index (χ2v) is 5.84. The van der Waals surface area contributed by atoms with E-state index in [1.807, 2.05) is 0 Å².